The summed E-state index contributed by atoms with van der Waals surface area (Å²) in [5.41, 5.74) is 1.39. The molecule has 1 rings (SSSR count). The number of carboxylic acids is 1. The van der Waals surface area contributed by atoms with Crippen LogP contribution in [-0.4, -0.2) is 24.1 Å². The molecule has 0 unspecified atom stereocenters. The molecule has 1 aromatic carbocycles. The molecule has 0 fully saturated rings. The monoisotopic (exact) mass is 252 g/mol. The van der Waals surface area contributed by atoms with Gasteiger partial charge in [-0.2, -0.15) is 0 Å². The molecular formula is C13H13ClO3. The van der Waals surface area contributed by atoms with Crippen molar-refractivity contribution in [1.29, 1.82) is 0 Å². The molecule has 90 valence electrons. The summed E-state index contributed by atoms with van der Waals surface area (Å²) in [6.45, 7) is 0. The second-order valence-electron chi connectivity index (χ2n) is 3.34. The van der Waals surface area contributed by atoms with E-state index in [9.17, 15) is 4.79 Å². The molecule has 0 aliphatic heterocycles. The van der Waals surface area contributed by atoms with Crippen molar-refractivity contribution in [3.05, 3.63) is 29.3 Å². The molecule has 0 aliphatic carbocycles. The maximum atomic E-state index is 10.7. The fourth-order valence-corrected chi connectivity index (χ4v) is 1.46. The number of hydrogen-bond donors (Lipinski definition) is 1. The third kappa shape index (κ3) is 4.38. The van der Waals surface area contributed by atoms with Gasteiger partial charge >= 0.3 is 5.97 Å². The van der Waals surface area contributed by atoms with Gasteiger partial charge in [-0.3, -0.25) is 4.79 Å². The first-order valence-corrected chi connectivity index (χ1v) is 5.64. The first kappa shape index (κ1) is 13.4. The Hall–Kier alpha value is -1.66. The van der Waals surface area contributed by atoms with Crippen molar-refractivity contribution < 1.29 is 14.6 Å². The second-order valence-corrected chi connectivity index (χ2v) is 3.72. The van der Waals surface area contributed by atoms with Gasteiger partial charge < -0.3 is 9.84 Å². The van der Waals surface area contributed by atoms with Crippen LogP contribution in [0.5, 0.6) is 5.75 Å². The Labute approximate surface area is 105 Å². The number of benzene rings is 1. The average Bonchev–Trinajstić information content (AvgIpc) is 2.29. The Morgan fingerprint density at radius 1 is 1.53 bits per heavy atom. The molecular weight excluding hydrogens is 240 g/mol. The lowest BCUT2D eigenvalue weighted by atomic mass is 10.1. The highest BCUT2D eigenvalue weighted by atomic mass is 35.5. The van der Waals surface area contributed by atoms with E-state index in [-0.39, 0.29) is 6.42 Å². The summed E-state index contributed by atoms with van der Waals surface area (Å²) < 4.78 is 5.09. The van der Waals surface area contributed by atoms with Gasteiger partial charge in [-0.1, -0.05) is 11.8 Å². The van der Waals surface area contributed by atoms with E-state index in [0.717, 1.165) is 5.56 Å². The molecule has 0 atom stereocenters. The van der Waals surface area contributed by atoms with E-state index in [4.69, 9.17) is 21.4 Å². The molecule has 0 bridgehead atoms. The molecule has 17 heavy (non-hydrogen) atoms. The molecule has 1 N–H and O–H groups in total. The van der Waals surface area contributed by atoms with Crippen LogP contribution in [0.15, 0.2) is 18.2 Å². The lowest BCUT2D eigenvalue weighted by molar-refractivity contribution is -0.136. The minimum atomic E-state index is -0.894. The third-order valence-electron chi connectivity index (χ3n) is 2.07. The summed E-state index contributed by atoms with van der Waals surface area (Å²) in [4.78, 5) is 10.7. The third-order valence-corrected chi connectivity index (χ3v) is 2.26. The average molecular weight is 253 g/mol. The highest BCUT2D eigenvalue weighted by Gasteiger charge is 2.07. The van der Waals surface area contributed by atoms with E-state index < -0.39 is 5.97 Å². The van der Waals surface area contributed by atoms with Crippen molar-refractivity contribution in [3.8, 4) is 17.6 Å². The molecule has 0 aromatic heterocycles. The number of carboxylic acid groups (broad SMARTS) is 1. The molecule has 3 nitrogen and oxygen atoms in total. The molecule has 0 amide bonds. The minimum absolute atomic E-state index is 0.0752. The summed E-state index contributed by atoms with van der Waals surface area (Å²) in [7, 11) is 1.51. The van der Waals surface area contributed by atoms with Gasteiger partial charge in [0.1, 0.15) is 5.75 Å². The summed E-state index contributed by atoms with van der Waals surface area (Å²) in [5, 5.41) is 8.78. The number of rotatable bonds is 4. The smallest absolute Gasteiger partial charge is 0.307 e. The number of methoxy groups -OCH3 is 1. The van der Waals surface area contributed by atoms with E-state index in [0.29, 0.717) is 23.6 Å². The zero-order valence-corrected chi connectivity index (χ0v) is 10.3. The minimum Gasteiger partial charge on any atom is -0.496 e. The molecule has 0 heterocycles. The maximum absolute atomic E-state index is 10.7. The zero-order chi connectivity index (χ0) is 12.7. The Morgan fingerprint density at radius 3 is 2.88 bits per heavy atom. The lowest BCUT2D eigenvalue weighted by Crippen LogP contribution is -2.02. The van der Waals surface area contributed by atoms with Crippen molar-refractivity contribution >= 4 is 17.6 Å². The molecule has 0 saturated carbocycles. The van der Waals surface area contributed by atoms with Gasteiger partial charge in [0.05, 0.1) is 13.5 Å². The number of alkyl halides is 1. The van der Waals surface area contributed by atoms with Crippen molar-refractivity contribution in [1.82, 2.24) is 0 Å². The standard InChI is InChI=1S/C13H13ClO3/c1-17-12-6-5-10(4-2-3-7-14)8-11(12)9-13(15)16/h5-6,8H,3,7,9H2,1H3,(H,15,16). The quantitative estimate of drug-likeness (QED) is 0.661. The first-order chi connectivity index (χ1) is 8.17. The Bertz CT molecular complexity index is 457. The van der Waals surface area contributed by atoms with Crippen LogP contribution in [0, 0.1) is 11.8 Å². The van der Waals surface area contributed by atoms with Gasteiger partial charge in [-0.25, -0.2) is 0 Å². The maximum Gasteiger partial charge on any atom is 0.307 e. The van der Waals surface area contributed by atoms with E-state index in [1.165, 1.54) is 7.11 Å². The summed E-state index contributed by atoms with van der Waals surface area (Å²) >= 11 is 5.52. The Kier molecular flexibility index (Phi) is 5.38. The van der Waals surface area contributed by atoms with Crippen LogP contribution in [0.2, 0.25) is 0 Å². The van der Waals surface area contributed by atoms with Crippen molar-refractivity contribution in [3.63, 3.8) is 0 Å². The second kappa shape index (κ2) is 6.82. The van der Waals surface area contributed by atoms with Gasteiger partial charge in [0.15, 0.2) is 0 Å². The highest BCUT2D eigenvalue weighted by molar-refractivity contribution is 6.18. The predicted octanol–water partition coefficient (Wildman–Crippen LogP) is 2.30. The van der Waals surface area contributed by atoms with Crippen LogP contribution in [0.1, 0.15) is 17.5 Å². The number of halogens is 1. The molecule has 0 aliphatic rings. The van der Waals surface area contributed by atoms with E-state index in [2.05, 4.69) is 11.8 Å². The largest absolute Gasteiger partial charge is 0.496 e. The van der Waals surface area contributed by atoms with Gasteiger partial charge in [0, 0.05) is 23.4 Å². The molecule has 0 spiro atoms. The van der Waals surface area contributed by atoms with Crippen LogP contribution in [-0.2, 0) is 11.2 Å². The number of carbonyl (C=O) groups is 1. The number of ether oxygens (including phenoxy) is 1. The molecule has 4 heteroatoms. The molecule has 0 saturated heterocycles. The van der Waals surface area contributed by atoms with Crippen molar-refractivity contribution in [2.45, 2.75) is 12.8 Å². The summed E-state index contributed by atoms with van der Waals surface area (Å²) in [6.07, 6.45) is 0.538. The molecule has 0 radical (unpaired) electrons. The fourth-order valence-electron chi connectivity index (χ4n) is 1.37. The summed E-state index contributed by atoms with van der Waals surface area (Å²) in [5.74, 6) is 5.99. The van der Waals surface area contributed by atoms with Crippen LogP contribution >= 0.6 is 11.6 Å². The fraction of sp³-hybridized carbons (Fsp3) is 0.308. The Balaban J connectivity index is 2.97. The zero-order valence-electron chi connectivity index (χ0n) is 9.50. The Morgan fingerprint density at radius 2 is 2.29 bits per heavy atom. The van der Waals surface area contributed by atoms with Crippen LogP contribution in [0.3, 0.4) is 0 Å². The van der Waals surface area contributed by atoms with Gasteiger partial charge in [0.25, 0.3) is 0 Å². The highest BCUT2D eigenvalue weighted by Crippen LogP contribution is 2.20. The van der Waals surface area contributed by atoms with Crippen LogP contribution < -0.4 is 4.74 Å². The predicted molar refractivity (Wildman–Crippen MR) is 66.5 cm³/mol. The van der Waals surface area contributed by atoms with E-state index in [1.807, 2.05) is 0 Å². The normalized spacial score (nSPS) is 9.29. The number of aliphatic carboxylic acids is 1. The first-order valence-electron chi connectivity index (χ1n) is 5.11. The van der Waals surface area contributed by atoms with Crippen LogP contribution in [0.4, 0.5) is 0 Å². The SMILES string of the molecule is COc1ccc(C#CCCCl)cc1CC(=O)O. The van der Waals surface area contributed by atoms with E-state index >= 15 is 0 Å². The van der Waals surface area contributed by atoms with Crippen LogP contribution in [0.25, 0.3) is 0 Å². The van der Waals surface area contributed by atoms with Crippen molar-refractivity contribution in [2.75, 3.05) is 13.0 Å². The van der Waals surface area contributed by atoms with E-state index in [1.54, 1.807) is 18.2 Å². The topological polar surface area (TPSA) is 46.5 Å². The van der Waals surface area contributed by atoms with Crippen molar-refractivity contribution in [2.24, 2.45) is 0 Å². The summed E-state index contributed by atoms with van der Waals surface area (Å²) in [6, 6.07) is 5.25. The lowest BCUT2D eigenvalue weighted by Gasteiger charge is -2.06. The van der Waals surface area contributed by atoms with Gasteiger partial charge in [-0.05, 0) is 18.2 Å². The molecule has 1 aromatic rings. The van der Waals surface area contributed by atoms with Gasteiger partial charge in [-0.15, -0.1) is 11.6 Å². The number of hydrogen-bond acceptors (Lipinski definition) is 2. The van der Waals surface area contributed by atoms with Gasteiger partial charge in [0.2, 0.25) is 0 Å².